The van der Waals surface area contributed by atoms with Crippen molar-refractivity contribution >= 4 is 88.1 Å². The summed E-state index contributed by atoms with van der Waals surface area (Å²) in [6.07, 6.45) is 4.29. The topological polar surface area (TPSA) is 34.5 Å². The zero-order valence-corrected chi connectivity index (χ0v) is 33.8. The van der Waals surface area contributed by atoms with Crippen molar-refractivity contribution in [2.45, 2.75) is 12.8 Å². The lowest BCUT2D eigenvalue weighted by Crippen LogP contribution is -2.11. The lowest BCUT2D eigenvalue weighted by molar-refractivity contribution is 0.591. The zero-order valence-electron chi connectivity index (χ0n) is 33.8. The Balaban J connectivity index is 0.980. The first kappa shape index (κ1) is 34.8. The predicted octanol–water partition coefficient (Wildman–Crippen LogP) is 16.1. The maximum atomic E-state index is 6.92. The molecule has 0 atom stereocenters. The zero-order chi connectivity index (χ0) is 40.7. The highest BCUT2D eigenvalue weighted by molar-refractivity contribution is 6.18. The van der Waals surface area contributed by atoms with Crippen molar-refractivity contribution in [2.75, 3.05) is 4.90 Å². The summed E-state index contributed by atoms with van der Waals surface area (Å²) >= 11 is 0. The molecule has 0 saturated carbocycles. The number of nitrogens with zero attached hydrogens (tertiary/aromatic N) is 2. The Labute approximate surface area is 357 Å². The highest BCUT2D eigenvalue weighted by Gasteiger charge is 2.24. The Morgan fingerprint density at radius 1 is 0.435 bits per heavy atom. The average Bonchev–Trinajstić information content (AvgIpc) is 4.03. The number of aryl methyl sites for hydroxylation is 1. The highest BCUT2D eigenvalue weighted by atomic mass is 16.3. The van der Waals surface area contributed by atoms with Crippen LogP contribution in [0.1, 0.15) is 23.3 Å². The van der Waals surface area contributed by atoms with Gasteiger partial charge in [0.15, 0.2) is 0 Å². The molecule has 1 aliphatic carbocycles. The fourth-order valence-electron chi connectivity index (χ4n) is 10.1. The van der Waals surface area contributed by atoms with Crippen LogP contribution in [0.15, 0.2) is 215 Å². The van der Waals surface area contributed by atoms with E-state index in [4.69, 9.17) is 8.83 Å². The third kappa shape index (κ3) is 5.26. The van der Waals surface area contributed by atoms with Gasteiger partial charge in [-0.1, -0.05) is 140 Å². The molecule has 12 aromatic rings. The molecule has 13 rings (SSSR count). The van der Waals surface area contributed by atoms with E-state index in [0.29, 0.717) is 0 Å². The summed E-state index contributed by atoms with van der Waals surface area (Å²) in [6.45, 7) is 0. The Morgan fingerprint density at radius 2 is 1.05 bits per heavy atom. The first-order valence-electron chi connectivity index (χ1n) is 21.4. The second-order valence-corrected chi connectivity index (χ2v) is 16.3. The number of allylic oxidation sites excluding steroid dienone is 1. The molecule has 1 aliphatic rings. The van der Waals surface area contributed by atoms with Gasteiger partial charge in [0.25, 0.3) is 0 Å². The predicted molar refractivity (Wildman–Crippen MR) is 257 cm³/mol. The van der Waals surface area contributed by atoms with Gasteiger partial charge in [-0.25, -0.2) is 0 Å². The lowest BCUT2D eigenvalue weighted by atomic mass is 9.91. The van der Waals surface area contributed by atoms with Crippen LogP contribution < -0.4 is 4.90 Å². The Kier molecular flexibility index (Phi) is 7.70. The van der Waals surface area contributed by atoms with E-state index in [1.54, 1.807) is 0 Å². The van der Waals surface area contributed by atoms with Crippen LogP contribution in [0.2, 0.25) is 0 Å². The van der Waals surface area contributed by atoms with Crippen LogP contribution >= 0.6 is 0 Å². The average molecular weight is 795 g/mol. The molecule has 62 heavy (non-hydrogen) atoms. The number of anilines is 3. The van der Waals surface area contributed by atoms with Crippen molar-refractivity contribution in [3.05, 3.63) is 223 Å². The molecule has 0 N–H and O–H groups in total. The minimum Gasteiger partial charge on any atom is -0.456 e. The minimum atomic E-state index is 0.884. The molecular weight excluding hydrogens is 757 g/mol. The quantitative estimate of drug-likeness (QED) is 0.168. The molecule has 0 saturated heterocycles. The van der Waals surface area contributed by atoms with Gasteiger partial charge in [-0.15, -0.1) is 0 Å². The van der Waals surface area contributed by atoms with Crippen LogP contribution in [0.5, 0.6) is 0 Å². The van der Waals surface area contributed by atoms with Gasteiger partial charge in [0.05, 0.1) is 16.7 Å². The van der Waals surface area contributed by atoms with Gasteiger partial charge in [0, 0.05) is 71.6 Å². The number of hydrogen-bond donors (Lipinski definition) is 0. The Hall–Kier alpha value is -8.08. The van der Waals surface area contributed by atoms with Crippen molar-refractivity contribution in [1.29, 1.82) is 0 Å². The van der Waals surface area contributed by atoms with Crippen molar-refractivity contribution in [2.24, 2.45) is 0 Å². The van der Waals surface area contributed by atoms with Crippen LogP contribution in [0, 0.1) is 0 Å². The number of para-hydroxylation sites is 5. The van der Waals surface area contributed by atoms with E-state index >= 15 is 0 Å². The number of rotatable bonds is 6. The van der Waals surface area contributed by atoms with Crippen LogP contribution in [-0.4, -0.2) is 4.57 Å². The van der Waals surface area contributed by atoms with E-state index in [1.165, 1.54) is 38.1 Å². The number of furan rings is 2. The van der Waals surface area contributed by atoms with E-state index in [1.807, 2.05) is 6.07 Å². The van der Waals surface area contributed by atoms with E-state index in [2.05, 4.69) is 210 Å². The molecule has 0 unspecified atom stereocenters. The molecule has 3 aromatic heterocycles. The largest absolute Gasteiger partial charge is 0.456 e. The first-order chi connectivity index (χ1) is 30.8. The highest BCUT2D eigenvalue weighted by Crippen LogP contribution is 2.46. The number of benzene rings is 9. The van der Waals surface area contributed by atoms with Crippen LogP contribution in [0.3, 0.4) is 0 Å². The van der Waals surface area contributed by atoms with Crippen LogP contribution in [-0.2, 0) is 6.42 Å². The fourth-order valence-corrected chi connectivity index (χ4v) is 10.1. The van der Waals surface area contributed by atoms with E-state index < -0.39 is 0 Å². The summed E-state index contributed by atoms with van der Waals surface area (Å²) in [6, 6.07) is 71.8. The Bertz CT molecular complexity index is 3700. The summed E-state index contributed by atoms with van der Waals surface area (Å²) in [4.78, 5) is 2.38. The van der Waals surface area contributed by atoms with E-state index in [0.717, 1.165) is 96.5 Å². The molecule has 4 nitrogen and oxygen atoms in total. The SMILES string of the molecule is C1=C(c2ccc(N(c3ccc(-n4c5ccccc5c5ccccc54)cc3)c3ccccc3-c3cccc4c3oc3c5ccccc5ccc43)cc2)c2oc3ccccc3c2CC1. The van der Waals surface area contributed by atoms with Crippen molar-refractivity contribution in [1.82, 2.24) is 4.57 Å². The van der Waals surface area contributed by atoms with E-state index in [9.17, 15) is 0 Å². The molecule has 0 bridgehead atoms. The summed E-state index contributed by atoms with van der Waals surface area (Å²) < 4.78 is 15.8. The van der Waals surface area contributed by atoms with Gasteiger partial charge in [-0.05, 0) is 90.5 Å². The number of fused-ring (bicyclic) bond motifs is 11. The third-order valence-corrected chi connectivity index (χ3v) is 12.9. The van der Waals surface area contributed by atoms with Gasteiger partial charge >= 0.3 is 0 Å². The molecule has 292 valence electrons. The van der Waals surface area contributed by atoms with Gasteiger partial charge in [0.1, 0.15) is 22.5 Å². The van der Waals surface area contributed by atoms with Crippen LogP contribution in [0.25, 0.3) is 87.9 Å². The number of aromatic nitrogens is 1. The third-order valence-electron chi connectivity index (χ3n) is 12.9. The molecule has 0 fully saturated rings. The maximum Gasteiger partial charge on any atom is 0.143 e. The molecule has 3 heterocycles. The van der Waals surface area contributed by atoms with E-state index in [-0.39, 0.29) is 0 Å². The molecule has 4 heteroatoms. The van der Waals surface area contributed by atoms with Crippen LogP contribution in [0.4, 0.5) is 17.1 Å². The molecular formula is C58H38N2O2. The van der Waals surface area contributed by atoms with Gasteiger partial charge in [0.2, 0.25) is 0 Å². The maximum absolute atomic E-state index is 6.92. The molecule has 9 aromatic carbocycles. The standard InChI is InChI=1S/C58H38N2O2/c1-2-14-42-37(13-1)29-36-51-50-22-12-20-48(58(50)62-57(42)51)46-17-5-7-23-52(46)59(39-30-27-38(28-31-39)43-19-11-21-49-47-18-6-10-26-55(47)61-56(43)49)40-32-34-41(35-33-40)60-53-24-8-3-15-44(53)45-16-4-9-25-54(45)60/h1-10,12-20,22-36H,11,21H2. The first-order valence-corrected chi connectivity index (χ1v) is 21.4. The second kappa shape index (κ2) is 13.7. The fraction of sp³-hybridized carbons (Fsp3) is 0.0345. The summed E-state index contributed by atoms with van der Waals surface area (Å²) in [7, 11) is 0. The van der Waals surface area contributed by atoms with Gasteiger partial charge in [-0.2, -0.15) is 0 Å². The molecule has 0 spiro atoms. The number of hydrogen-bond acceptors (Lipinski definition) is 3. The second-order valence-electron chi connectivity index (χ2n) is 16.3. The summed E-state index contributed by atoms with van der Waals surface area (Å²) in [5.74, 6) is 0.986. The smallest absolute Gasteiger partial charge is 0.143 e. The Morgan fingerprint density at radius 3 is 1.84 bits per heavy atom. The summed E-state index contributed by atoms with van der Waals surface area (Å²) in [5.41, 5.74) is 15.1. The minimum absolute atomic E-state index is 0.884. The van der Waals surface area contributed by atoms with Crippen molar-refractivity contribution in [3.8, 4) is 16.8 Å². The normalized spacial score (nSPS) is 12.8. The van der Waals surface area contributed by atoms with Crippen molar-refractivity contribution < 1.29 is 8.83 Å². The molecule has 0 aliphatic heterocycles. The monoisotopic (exact) mass is 794 g/mol. The van der Waals surface area contributed by atoms with Gasteiger partial charge in [-0.3, -0.25) is 0 Å². The van der Waals surface area contributed by atoms with Gasteiger partial charge < -0.3 is 18.3 Å². The lowest BCUT2D eigenvalue weighted by Gasteiger charge is -2.28. The molecule has 0 radical (unpaired) electrons. The molecule has 0 amide bonds. The summed E-state index contributed by atoms with van der Waals surface area (Å²) in [5, 5.41) is 8.22. The van der Waals surface area contributed by atoms with Crippen molar-refractivity contribution in [3.63, 3.8) is 0 Å².